The zero-order chi connectivity index (χ0) is 9.86. The Morgan fingerprint density at radius 1 is 1.29 bits per heavy atom. The van der Waals surface area contributed by atoms with Gasteiger partial charge in [0.05, 0.1) is 0 Å². The van der Waals surface area contributed by atoms with Crippen LogP contribution in [-0.2, 0) is 15.3 Å². The van der Waals surface area contributed by atoms with Gasteiger partial charge in [-0.25, -0.2) is 0 Å². The lowest BCUT2D eigenvalue weighted by atomic mass is 10.1. The van der Waals surface area contributed by atoms with Crippen molar-refractivity contribution in [3.05, 3.63) is 35.9 Å². The maximum atomic E-state index is 10.4. The molecule has 5 nitrogen and oxygen atoms in total. The fraction of sp³-hybridized carbons (Fsp3) is 0.111. The monoisotopic (exact) mass is 189 g/mol. The summed E-state index contributed by atoms with van der Waals surface area (Å²) in [5, 5.41) is 10.8. The average molecular weight is 189 g/mol. The van der Waals surface area contributed by atoms with E-state index in [1.807, 2.05) is 18.2 Å². The SMILES string of the molecule is O=COC1(c2ccccc2)C=NN=N1. The van der Waals surface area contributed by atoms with E-state index < -0.39 is 5.72 Å². The summed E-state index contributed by atoms with van der Waals surface area (Å²) in [5.41, 5.74) is -0.444. The van der Waals surface area contributed by atoms with Crippen LogP contribution in [0, 0.1) is 0 Å². The van der Waals surface area contributed by atoms with Crippen molar-refractivity contribution in [1.29, 1.82) is 0 Å². The normalized spacial score (nSPS) is 23.7. The van der Waals surface area contributed by atoms with E-state index in [4.69, 9.17) is 4.74 Å². The van der Waals surface area contributed by atoms with Crippen LogP contribution in [0.4, 0.5) is 0 Å². The Morgan fingerprint density at radius 3 is 2.64 bits per heavy atom. The first kappa shape index (κ1) is 8.55. The Hall–Kier alpha value is -2.04. The molecular formula is C9H7N3O2. The highest BCUT2D eigenvalue weighted by Crippen LogP contribution is 2.28. The van der Waals surface area contributed by atoms with E-state index in [1.165, 1.54) is 6.21 Å². The van der Waals surface area contributed by atoms with Crippen LogP contribution >= 0.6 is 0 Å². The van der Waals surface area contributed by atoms with Crippen molar-refractivity contribution in [1.82, 2.24) is 0 Å². The van der Waals surface area contributed by atoms with E-state index in [-0.39, 0.29) is 0 Å². The van der Waals surface area contributed by atoms with Crippen LogP contribution in [0.2, 0.25) is 0 Å². The molecule has 1 atom stereocenters. The van der Waals surface area contributed by atoms with Crippen LogP contribution < -0.4 is 0 Å². The lowest BCUT2D eigenvalue weighted by Gasteiger charge is -2.18. The molecule has 1 heterocycles. The topological polar surface area (TPSA) is 63.4 Å². The van der Waals surface area contributed by atoms with Crippen molar-refractivity contribution in [3.8, 4) is 0 Å². The fourth-order valence-corrected chi connectivity index (χ4v) is 1.23. The molecule has 2 rings (SSSR count). The summed E-state index contributed by atoms with van der Waals surface area (Å²) in [6.45, 7) is 0.337. The molecular weight excluding hydrogens is 182 g/mol. The molecule has 1 aromatic rings. The van der Waals surface area contributed by atoms with Gasteiger partial charge in [-0.1, -0.05) is 30.3 Å². The average Bonchev–Trinajstić information content (AvgIpc) is 2.70. The van der Waals surface area contributed by atoms with Crippen molar-refractivity contribution < 1.29 is 9.53 Å². The summed E-state index contributed by atoms with van der Waals surface area (Å²) in [4.78, 5) is 10.4. The van der Waals surface area contributed by atoms with Gasteiger partial charge < -0.3 is 4.74 Å². The third-order valence-electron chi connectivity index (χ3n) is 1.89. The zero-order valence-electron chi connectivity index (χ0n) is 7.20. The van der Waals surface area contributed by atoms with Crippen molar-refractivity contribution in [3.63, 3.8) is 0 Å². The van der Waals surface area contributed by atoms with Gasteiger partial charge in [-0.15, -0.1) is 10.2 Å². The van der Waals surface area contributed by atoms with Gasteiger partial charge in [0.15, 0.2) is 0 Å². The minimum atomic E-state index is -1.16. The molecule has 1 aromatic carbocycles. The minimum Gasteiger partial charge on any atom is -0.427 e. The van der Waals surface area contributed by atoms with Gasteiger partial charge in [-0.05, 0) is 5.22 Å². The summed E-state index contributed by atoms with van der Waals surface area (Å²) in [5.74, 6) is 0. The second kappa shape index (κ2) is 3.37. The molecule has 70 valence electrons. The van der Waals surface area contributed by atoms with E-state index in [2.05, 4.69) is 15.4 Å². The first-order valence-electron chi connectivity index (χ1n) is 4.01. The van der Waals surface area contributed by atoms with E-state index >= 15 is 0 Å². The maximum Gasteiger partial charge on any atom is 0.295 e. The smallest absolute Gasteiger partial charge is 0.295 e. The number of carbonyl (C=O) groups excluding carboxylic acids is 1. The van der Waals surface area contributed by atoms with E-state index in [0.717, 1.165) is 5.56 Å². The van der Waals surface area contributed by atoms with Gasteiger partial charge in [0.1, 0.15) is 6.21 Å². The highest BCUT2D eigenvalue weighted by Gasteiger charge is 2.35. The second-order valence-electron chi connectivity index (χ2n) is 2.71. The Bertz CT molecular complexity index is 374. The Labute approximate surface area is 80.1 Å². The summed E-state index contributed by atoms with van der Waals surface area (Å²) in [6.07, 6.45) is 1.39. The molecule has 0 N–H and O–H groups in total. The van der Waals surface area contributed by atoms with E-state index in [9.17, 15) is 4.79 Å². The molecule has 5 heteroatoms. The summed E-state index contributed by atoms with van der Waals surface area (Å²) < 4.78 is 4.89. The predicted octanol–water partition coefficient (Wildman–Crippen LogP) is 1.46. The number of rotatable bonds is 3. The third kappa shape index (κ3) is 1.28. The Balaban J connectivity index is 2.42. The third-order valence-corrected chi connectivity index (χ3v) is 1.89. The quantitative estimate of drug-likeness (QED) is 0.675. The number of ether oxygens (including phenoxy) is 1. The number of hydrogen-bond acceptors (Lipinski definition) is 5. The second-order valence-corrected chi connectivity index (χ2v) is 2.71. The van der Waals surface area contributed by atoms with Crippen LogP contribution in [0.3, 0.4) is 0 Å². The molecule has 0 fully saturated rings. The molecule has 1 aliphatic rings. The summed E-state index contributed by atoms with van der Waals surface area (Å²) in [6, 6.07) is 9.10. The first-order chi connectivity index (χ1) is 6.87. The van der Waals surface area contributed by atoms with Gasteiger partial charge in [0.25, 0.3) is 12.2 Å². The number of carbonyl (C=O) groups is 1. The van der Waals surface area contributed by atoms with Gasteiger partial charge in [0.2, 0.25) is 0 Å². The van der Waals surface area contributed by atoms with Crippen LogP contribution in [-0.4, -0.2) is 12.7 Å². The first-order valence-corrected chi connectivity index (χ1v) is 4.01. The number of benzene rings is 1. The van der Waals surface area contributed by atoms with Crippen LogP contribution in [0.25, 0.3) is 0 Å². The van der Waals surface area contributed by atoms with Crippen LogP contribution in [0.5, 0.6) is 0 Å². The summed E-state index contributed by atoms with van der Waals surface area (Å²) in [7, 11) is 0. The van der Waals surface area contributed by atoms with Crippen molar-refractivity contribution >= 4 is 12.7 Å². The van der Waals surface area contributed by atoms with Crippen molar-refractivity contribution in [2.45, 2.75) is 5.72 Å². The lowest BCUT2D eigenvalue weighted by molar-refractivity contribution is -0.137. The zero-order valence-corrected chi connectivity index (χ0v) is 7.20. The van der Waals surface area contributed by atoms with E-state index in [1.54, 1.807) is 12.1 Å². The molecule has 1 unspecified atom stereocenters. The van der Waals surface area contributed by atoms with Gasteiger partial charge >= 0.3 is 0 Å². The van der Waals surface area contributed by atoms with Gasteiger partial charge in [-0.3, -0.25) is 4.79 Å². The van der Waals surface area contributed by atoms with Gasteiger partial charge in [0, 0.05) is 5.56 Å². The number of nitrogens with zero attached hydrogens (tertiary/aromatic N) is 3. The van der Waals surface area contributed by atoms with Crippen LogP contribution in [0.1, 0.15) is 5.56 Å². The summed E-state index contributed by atoms with van der Waals surface area (Å²) >= 11 is 0. The molecule has 0 aliphatic carbocycles. The molecule has 0 saturated heterocycles. The van der Waals surface area contributed by atoms with E-state index in [0.29, 0.717) is 6.47 Å². The Kier molecular flexibility index (Phi) is 2.06. The molecule has 1 aliphatic heterocycles. The maximum absolute atomic E-state index is 10.4. The van der Waals surface area contributed by atoms with Crippen LogP contribution in [0.15, 0.2) is 45.8 Å². The minimum absolute atomic E-state index is 0.337. The molecule has 14 heavy (non-hydrogen) atoms. The lowest BCUT2D eigenvalue weighted by Crippen LogP contribution is -2.26. The Morgan fingerprint density at radius 2 is 2.07 bits per heavy atom. The molecule has 0 saturated carbocycles. The fourth-order valence-electron chi connectivity index (χ4n) is 1.23. The molecule has 0 aromatic heterocycles. The molecule has 0 spiro atoms. The predicted molar refractivity (Wildman–Crippen MR) is 48.6 cm³/mol. The molecule has 0 radical (unpaired) electrons. The standard InChI is InChI=1S/C9H7N3O2/c13-7-14-9(6-10-12-11-9)8-4-2-1-3-5-8/h1-7H. The largest absolute Gasteiger partial charge is 0.427 e. The highest BCUT2D eigenvalue weighted by molar-refractivity contribution is 5.73. The highest BCUT2D eigenvalue weighted by atomic mass is 16.6. The van der Waals surface area contributed by atoms with Gasteiger partial charge in [-0.2, -0.15) is 0 Å². The number of hydrogen-bond donors (Lipinski definition) is 0. The van der Waals surface area contributed by atoms with Crippen molar-refractivity contribution in [2.24, 2.45) is 15.4 Å². The molecule has 0 amide bonds. The van der Waals surface area contributed by atoms with Crippen molar-refractivity contribution in [2.75, 3.05) is 0 Å². The molecule has 0 bridgehead atoms.